The molecule has 0 unspecified atom stereocenters. The minimum absolute atomic E-state index is 0.171. The highest BCUT2D eigenvalue weighted by atomic mass is 16.1. The number of hydrogen-bond donors (Lipinski definition) is 2. The number of nitrogens with zero attached hydrogens (tertiary/aromatic N) is 1. The van der Waals surface area contributed by atoms with Gasteiger partial charge in [0.25, 0.3) is 0 Å². The van der Waals surface area contributed by atoms with Crippen LogP contribution in [0.2, 0.25) is 0 Å². The fraction of sp³-hybridized carbons (Fsp3) is 0.917. The van der Waals surface area contributed by atoms with Crippen molar-refractivity contribution in [2.45, 2.75) is 39.5 Å². The van der Waals surface area contributed by atoms with Gasteiger partial charge in [0.05, 0.1) is 0 Å². The molecule has 0 aromatic heterocycles. The highest BCUT2D eigenvalue weighted by molar-refractivity contribution is 5.75. The van der Waals surface area contributed by atoms with E-state index in [1.54, 1.807) is 0 Å². The Morgan fingerprint density at radius 2 is 1.88 bits per heavy atom. The molecule has 0 saturated heterocycles. The Hall–Kier alpha value is -0.610. The lowest BCUT2D eigenvalue weighted by Gasteiger charge is -2.17. The van der Waals surface area contributed by atoms with Gasteiger partial charge >= 0.3 is 0 Å². The van der Waals surface area contributed by atoms with Crippen LogP contribution >= 0.6 is 0 Å². The van der Waals surface area contributed by atoms with Crippen molar-refractivity contribution in [3.05, 3.63) is 0 Å². The fourth-order valence-corrected chi connectivity index (χ4v) is 1.59. The molecule has 0 atom stereocenters. The summed E-state index contributed by atoms with van der Waals surface area (Å²) < 4.78 is 0. The summed E-state index contributed by atoms with van der Waals surface area (Å²) in [5.41, 5.74) is 5.38. The summed E-state index contributed by atoms with van der Waals surface area (Å²) >= 11 is 0. The van der Waals surface area contributed by atoms with Crippen molar-refractivity contribution in [3.8, 4) is 0 Å². The summed E-state index contributed by atoms with van der Waals surface area (Å²) in [7, 11) is 0. The first kappa shape index (κ1) is 15.4. The highest BCUT2D eigenvalue weighted by Crippen LogP contribution is 1.97. The summed E-state index contributed by atoms with van der Waals surface area (Å²) in [5, 5.41) is 2.95. The molecule has 0 aromatic rings. The van der Waals surface area contributed by atoms with Crippen molar-refractivity contribution in [1.29, 1.82) is 0 Å². The van der Waals surface area contributed by atoms with Gasteiger partial charge in [-0.2, -0.15) is 0 Å². The van der Waals surface area contributed by atoms with E-state index < -0.39 is 0 Å². The molecular weight excluding hydrogens is 202 g/mol. The Morgan fingerprint density at radius 1 is 1.19 bits per heavy atom. The van der Waals surface area contributed by atoms with Gasteiger partial charge in [0.15, 0.2) is 0 Å². The average molecular weight is 229 g/mol. The van der Waals surface area contributed by atoms with Crippen LogP contribution in [0, 0.1) is 0 Å². The second-order valence-electron chi connectivity index (χ2n) is 3.98. The van der Waals surface area contributed by atoms with Crippen molar-refractivity contribution in [1.82, 2.24) is 10.2 Å². The van der Waals surface area contributed by atoms with Crippen LogP contribution in [0.25, 0.3) is 0 Å². The molecule has 0 heterocycles. The standard InChI is InChI=1S/C12H27N3O/c1-3-15(4-2)11-10-14-12(16)8-6-5-7-9-13/h3-11,13H2,1-2H3,(H,14,16). The second kappa shape index (κ2) is 10.9. The zero-order chi connectivity index (χ0) is 12.2. The van der Waals surface area contributed by atoms with Gasteiger partial charge in [0.1, 0.15) is 0 Å². The molecule has 0 radical (unpaired) electrons. The van der Waals surface area contributed by atoms with Gasteiger partial charge in [-0.25, -0.2) is 0 Å². The maximum atomic E-state index is 11.4. The monoisotopic (exact) mass is 229 g/mol. The van der Waals surface area contributed by atoms with E-state index in [2.05, 4.69) is 24.1 Å². The number of amides is 1. The average Bonchev–Trinajstić information content (AvgIpc) is 2.30. The molecule has 4 heteroatoms. The van der Waals surface area contributed by atoms with Crippen LogP contribution in [0.3, 0.4) is 0 Å². The Balaban J connectivity index is 3.36. The largest absolute Gasteiger partial charge is 0.355 e. The lowest BCUT2D eigenvalue weighted by atomic mass is 10.2. The molecule has 0 saturated carbocycles. The third kappa shape index (κ3) is 8.68. The molecule has 0 aromatic carbocycles. The van der Waals surface area contributed by atoms with Crippen LogP contribution in [-0.2, 0) is 4.79 Å². The third-order valence-electron chi connectivity index (χ3n) is 2.75. The van der Waals surface area contributed by atoms with Crippen LogP contribution in [-0.4, -0.2) is 43.5 Å². The molecule has 96 valence electrons. The summed E-state index contributed by atoms with van der Waals surface area (Å²) in [4.78, 5) is 13.7. The Kier molecular flexibility index (Phi) is 10.5. The van der Waals surface area contributed by atoms with Crippen molar-refractivity contribution in [2.24, 2.45) is 5.73 Å². The molecule has 0 spiro atoms. The van der Waals surface area contributed by atoms with Gasteiger partial charge in [0, 0.05) is 19.5 Å². The van der Waals surface area contributed by atoms with Crippen molar-refractivity contribution >= 4 is 5.91 Å². The lowest BCUT2D eigenvalue weighted by molar-refractivity contribution is -0.121. The molecule has 3 N–H and O–H groups in total. The predicted octanol–water partition coefficient (Wildman–Crippen LogP) is 0.964. The molecule has 0 bridgehead atoms. The lowest BCUT2D eigenvalue weighted by Crippen LogP contribution is -2.34. The number of rotatable bonds is 10. The van der Waals surface area contributed by atoms with E-state index in [1.165, 1.54) is 0 Å². The number of likely N-dealkylation sites (N-methyl/N-ethyl adjacent to an activating group) is 1. The Morgan fingerprint density at radius 3 is 2.44 bits per heavy atom. The molecule has 0 rings (SSSR count). The SMILES string of the molecule is CCN(CC)CCNC(=O)CCCCCN. The fourth-order valence-electron chi connectivity index (χ4n) is 1.59. The topological polar surface area (TPSA) is 58.4 Å². The van der Waals surface area contributed by atoms with Crippen molar-refractivity contribution in [3.63, 3.8) is 0 Å². The van der Waals surface area contributed by atoms with Gasteiger partial charge in [-0.05, 0) is 32.5 Å². The minimum atomic E-state index is 0.171. The first-order valence-electron chi connectivity index (χ1n) is 6.43. The Bertz CT molecular complexity index is 170. The van der Waals surface area contributed by atoms with Crippen LogP contribution in [0.1, 0.15) is 39.5 Å². The quantitative estimate of drug-likeness (QED) is 0.549. The van der Waals surface area contributed by atoms with Gasteiger partial charge < -0.3 is 16.0 Å². The summed E-state index contributed by atoms with van der Waals surface area (Å²) in [6.45, 7) is 8.80. The molecule has 0 aliphatic carbocycles. The van der Waals surface area contributed by atoms with Gasteiger partial charge in [0.2, 0.25) is 5.91 Å². The molecule has 1 amide bonds. The first-order chi connectivity index (χ1) is 7.74. The number of nitrogens with two attached hydrogens (primary N) is 1. The van der Waals surface area contributed by atoms with E-state index in [0.29, 0.717) is 6.42 Å². The molecule has 0 aliphatic heterocycles. The van der Waals surface area contributed by atoms with E-state index >= 15 is 0 Å². The molecule has 0 fully saturated rings. The Labute approximate surface area is 99.6 Å². The van der Waals surface area contributed by atoms with Gasteiger partial charge in [-0.3, -0.25) is 4.79 Å². The molecule has 16 heavy (non-hydrogen) atoms. The number of nitrogens with one attached hydrogen (secondary N) is 1. The van der Waals surface area contributed by atoms with Crippen LogP contribution in [0.4, 0.5) is 0 Å². The van der Waals surface area contributed by atoms with E-state index in [4.69, 9.17) is 5.73 Å². The maximum absolute atomic E-state index is 11.4. The summed E-state index contributed by atoms with van der Waals surface area (Å²) in [5.74, 6) is 0.171. The first-order valence-corrected chi connectivity index (χ1v) is 6.43. The van der Waals surface area contributed by atoms with E-state index in [1.807, 2.05) is 0 Å². The summed E-state index contributed by atoms with van der Waals surface area (Å²) in [6, 6.07) is 0. The van der Waals surface area contributed by atoms with Crippen molar-refractivity contribution < 1.29 is 4.79 Å². The van der Waals surface area contributed by atoms with Gasteiger partial charge in [-0.15, -0.1) is 0 Å². The number of carbonyl (C=O) groups excluding carboxylic acids is 1. The molecule has 0 aliphatic rings. The van der Waals surface area contributed by atoms with E-state index in [9.17, 15) is 4.79 Å². The number of unbranched alkanes of at least 4 members (excludes halogenated alkanes) is 2. The van der Waals surface area contributed by atoms with Crippen LogP contribution in [0.5, 0.6) is 0 Å². The molecular formula is C12H27N3O. The third-order valence-corrected chi connectivity index (χ3v) is 2.75. The summed E-state index contributed by atoms with van der Waals surface area (Å²) in [6.07, 6.45) is 3.67. The number of carbonyl (C=O) groups is 1. The van der Waals surface area contributed by atoms with E-state index in [0.717, 1.165) is 52.0 Å². The zero-order valence-corrected chi connectivity index (χ0v) is 10.8. The second-order valence-corrected chi connectivity index (χ2v) is 3.98. The van der Waals surface area contributed by atoms with Crippen LogP contribution < -0.4 is 11.1 Å². The smallest absolute Gasteiger partial charge is 0.220 e. The maximum Gasteiger partial charge on any atom is 0.220 e. The van der Waals surface area contributed by atoms with Gasteiger partial charge in [-0.1, -0.05) is 20.3 Å². The van der Waals surface area contributed by atoms with Crippen molar-refractivity contribution in [2.75, 3.05) is 32.7 Å². The van der Waals surface area contributed by atoms with Crippen LogP contribution in [0.15, 0.2) is 0 Å². The zero-order valence-electron chi connectivity index (χ0n) is 10.8. The number of hydrogen-bond acceptors (Lipinski definition) is 3. The predicted molar refractivity (Wildman–Crippen MR) is 68.3 cm³/mol. The minimum Gasteiger partial charge on any atom is -0.355 e. The van der Waals surface area contributed by atoms with E-state index in [-0.39, 0.29) is 5.91 Å². The normalized spacial score (nSPS) is 10.8. The highest BCUT2D eigenvalue weighted by Gasteiger charge is 2.02. The molecule has 4 nitrogen and oxygen atoms in total.